The molecule has 4 heteroatoms. The standard InChI is InChI=1S/C13H12ClFN2/c1-8-11(16)3-2-4-12(8)17-13-7-9(14)5-6-10(13)15/h2-7,17H,16H2,1H3. The van der Waals surface area contributed by atoms with Crippen molar-refractivity contribution in [2.24, 2.45) is 0 Å². The minimum Gasteiger partial charge on any atom is -0.398 e. The molecular formula is C13H12ClFN2. The lowest BCUT2D eigenvalue weighted by atomic mass is 10.1. The maximum Gasteiger partial charge on any atom is 0.146 e. The SMILES string of the molecule is Cc1c(N)cccc1Nc1cc(Cl)ccc1F. The van der Waals surface area contributed by atoms with Gasteiger partial charge in [-0.3, -0.25) is 0 Å². The molecule has 0 spiro atoms. The van der Waals surface area contributed by atoms with Gasteiger partial charge in [0, 0.05) is 16.4 Å². The largest absolute Gasteiger partial charge is 0.398 e. The maximum atomic E-state index is 13.5. The number of benzene rings is 2. The number of nitrogens with two attached hydrogens (primary N) is 1. The Bertz CT molecular complexity index is 555. The van der Waals surface area contributed by atoms with Crippen LogP contribution in [0.25, 0.3) is 0 Å². The maximum absolute atomic E-state index is 13.5. The van der Waals surface area contributed by atoms with Gasteiger partial charge in [0.15, 0.2) is 0 Å². The van der Waals surface area contributed by atoms with Crippen molar-refractivity contribution in [2.45, 2.75) is 6.92 Å². The highest BCUT2D eigenvalue weighted by atomic mass is 35.5. The van der Waals surface area contributed by atoms with Crippen molar-refractivity contribution in [1.29, 1.82) is 0 Å². The zero-order chi connectivity index (χ0) is 12.4. The van der Waals surface area contributed by atoms with E-state index in [-0.39, 0.29) is 5.82 Å². The Morgan fingerprint density at radius 3 is 2.71 bits per heavy atom. The molecule has 88 valence electrons. The summed E-state index contributed by atoms with van der Waals surface area (Å²) < 4.78 is 13.5. The molecule has 0 saturated heterocycles. The molecular weight excluding hydrogens is 239 g/mol. The van der Waals surface area contributed by atoms with Gasteiger partial charge in [-0.25, -0.2) is 4.39 Å². The smallest absolute Gasteiger partial charge is 0.146 e. The molecule has 3 N–H and O–H groups in total. The van der Waals surface area contributed by atoms with Crippen LogP contribution in [0.2, 0.25) is 5.02 Å². The molecule has 0 aliphatic heterocycles. The Balaban J connectivity index is 2.38. The van der Waals surface area contributed by atoms with E-state index < -0.39 is 0 Å². The molecule has 2 aromatic carbocycles. The molecule has 0 aliphatic rings. The van der Waals surface area contributed by atoms with Gasteiger partial charge in [0.1, 0.15) is 5.82 Å². The predicted octanol–water partition coefficient (Wildman–Crippen LogP) is 4.11. The van der Waals surface area contributed by atoms with E-state index in [1.165, 1.54) is 12.1 Å². The van der Waals surface area contributed by atoms with Crippen molar-refractivity contribution in [1.82, 2.24) is 0 Å². The highest BCUT2D eigenvalue weighted by molar-refractivity contribution is 6.30. The fourth-order valence-corrected chi connectivity index (χ4v) is 1.70. The van der Waals surface area contributed by atoms with Crippen LogP contribution >= 0.6 is 11.6 Å². The van der Waals surface area contributed by atoms with Gasteiger partial charge >= 0.3 is 0 Å². The summed E-state index contributed by atoms with van der Waals surface area (Å²) in [5, 5.41) is 3.46. The second kappa shape index (κ2) is 4.63. The van der Waals surface area contributed by atoms with Crippen molar-refractivity contribution in [3.05, 3.63) is 52.8 Å². The van der Waals surface area contributed by atoms with Crippen LogP contribution < -0.4 is 11.1 Å². The number of rotatable bonds is 2. The fraction of sp³-hybridized carbons (Fsp3) is 0.0769. The zero-order valence-corrected chi connectivity index (χ0v) is 10.1. The molecule has 0 saturated carbocycles. The molecule has 2 rings (SSSR count). The highest BCUT2D eigenvalue weighted by Gasteiger charge is 2.06. The molecule has 0 amide bonds. The number of nitrogen functional groups attached to an aromatic ring is 1. The van der Waals surface area contributed by atoms with Crippen LogP contribution in [0.15, 0.2) is 36.4 Å². The van der Waals surface area contributed by atoms with Crippen LogP contribution in [0.5, 0.6) is 0 Å². The van der Waals surface area contributed by atoms with E-state index >= 15 is 0 Å². The second-order valence-corrected chi connectivity index (χ2v) is 4.21. The first-order chi connectivity index (χ1) is 8.08. The molecule has 0 fully saturated rings. The van der Waals surface area contributed by atoms with E-state index in [2.05, 4.69) is 5.32 Å². The first kappa shape index (κ1) is 11.7. The van der Waals surface area contributed by atoms with Crippen molar-refractivity contribution in [3.8, 4) is 0 Å². The first-order valence-corrected chi connectivity index (χ1v) is 5.53. The first-order valence-electron chi connectivity index (χ1n) is 5.15. The van der Waals surface area contributed by atoms with Gasteiger partial charge in [0.05, 0.1) is 5.69 Å². The minimum atomic E-state index is -0.351. The summed E-state index contributed by atoms with van der Waals surface area (Å²) in [6, 6.07) is 9.83. The Kier molecular flexibility index (Phi) is 3.20. The Labute approximate surface area is 104 Å². The van der Waals surface area contributed by atoms with Crippen LogP contribution in [0.3, 0.4) is 0 Å². The summed E-state index contributed by atoms with van der Waals surface area (Å²) in [6.07, 6.45) is 0. The lowest BCUT2D eigenvalue weighted by Crippen LogP contribution is -1.98. The third-order valence-electron chi connectivity index (χ3n) is 2.57. The van der Waals surface area contributed by atoms with Crippen LogP contribution in [-0.2, 0) is 0 Å². The van der Waals surface area contributed by atoms with Crippen molar-refractivity contribution in [2.75, 3.05) is 11.1 Å². The van der Waals surface area contributed by atoms with E-state index in [9.17, 15) is 4.39 Å². The average molecular weight is 251 g/mol. The topological polar surface area (TPSA) is 38.0 Å². The van der Waals surface area contributed by atoms with E-state index in [0.29, 0.717) is 16.4 Å². The number of hydrogen-bond acceptors (Lipinski definition) is 2. The molecule has 0 heterocycles. The van der Waals surface area contributed by atoms with E-state index in [1.807, 2.05) is 19.1 Å². The number of hydrogen-bond donors (Lipinski definition) is 2. The number of nitrogens with one attached hydrogen (secondary N) is 1. The van der Waals surface area contributed by atoms with Gasteiger partial charge in [0.25, 0.3) is 0 Å². The number of halogens is 2. The lowest BCUT2D eigenvalue weighted by molar-refractivity contribution is 0.632. The molecule has 0 aromatic heterocycles. The molecule has 0 radical (unpaired) electrons. The minimum absolute atomic E-state index is 0.339. The summed E-state index contributed by atoms with van der Waals surface area (Å²) in [7, 11) is 0. The summed E-state index contributed by atoms with van der Waals surface area (Å²) in [4.78, 5) is 0. The quantitative estimate of drug-likeness (QED) is 0.787. The molecule has 2 nitrogen and oxygen atoms in total. The Morgan fingerprint density at radius 1 is 1.18 bits per heavy atom. The average Bonchev–Trinajstić information content (AvgIpc) is 2.30. The van der Waals surface area contributed by atoms with Gasteiger partial charge in [-0.1, -0.05) is 17.7 Å². The lowest BCUT2D eigenvalue weighted by Gasteiger charge is -2.12. The molecule has 17 heavy (non-hydrogen) atoms. The van der Waals surface area contributed by atoms with Crippen molar-refractivity contribution in [3.63, 3.8) is 0 Å². The monoisotopic (exact) mass is 250 g/mol. The molecule has 0 unspecified atom stereocenters. The summed E-state index contributed by atoms with van der Waals surface area (Å²) in [5.74, 6) is -0.351. The highest BCUT2D eigenvalue weighted by Crippen LogP contribution is 2.27. The summed E-state index contributed by atoms with van der Waals surface area (Å²) in [5.41, 5.74) is 8.44. The third kappa shape index (κ3) is 2.50. The summed E-state index contributed by atoms with van der Waals surface area (Å²) in [6.45, 7) is 1.88. The molecule has 2 aromatic rings. The molecule has 0 aliphatic carbocycles. The normalized spacial score (nSPS) is 10.3. The molecule has 0 bridgehead atoms. The van der Waals surface area contributed by atoms with Gasteiger partial charge in [-0.05, 0) is 42.8 Å². The van der Waals surface area contributed by atoms with Crippen molar-refractivity contribution >= 4 is 28.7 Å². The van der Waals surface area contributed by atoms with Crippen LogP contribution in [-0.4, -0.2) is 0 Å². The molecule has 0 atom stereocenters. The van der Waals surface area contributed by atoms with Crippen LogP contribution in [0.1, 0.15) is 5.56 Å². The summed E-state index contributed by atoms with van der Waals surface area (Å²) >= 11 is 5.82. The Morgan fingerprint density at radius 2 is 1.94 bits per heavy atom. The van der Waals surface area contributed by atoms with Gasteiger partial charge in [-0.2, -0.15) is 0 Å². The second-order valence-electron chi connectivity index (χ2n) is 3.77. The van der Waals surface area contributed by atoms with E-state index in [4.69, 9.17) is 17.3 Å². The van der Waals surface area contributed by atoms with Crippen LogP contribution in [0.4, 0.5) is 21.5 Å². The zero-order valence-electron chi connectivity index (χ0n) is 9.30. The number of anilines is 3. The van der Waals surface area contributed by atoms with Crippen LogP contribution in [0, 0.1) is 12.7 Å². The fourth-order valence-electron chi connectivity index (χ4n) is 1.53. The third-order valence-corrected chi connectivity index (χ3v) is 2.81. The van der Waals surface area contributed by atoms with E-state index in [0.717, 1.165) is 11.3 Å². The predicted molar refractivity (Wildman–Crippen MR) is 70.3 cm³/mol. The Hall–Kier alpha value is -1.74. The van der Waals surface area contributed by atoms with Gasteiger partial charge in [-0.15, -0.1) is 0 Å². The van der Waals surface area contributed by atoms with E-state index in [1.54, 1.807) is 12.1 Å². The van der Waals surface area contributed by atoms with Gasteiger partial charge < -0.3 is 11.1 Å². The van der Waals surface area contributed by atoms with Crippen molar-refractivity contribution < 1.29 is 4.39 Å². The van der Waals surface area contributed by atoms with Gasteiger partial charge in [0.2, 0.25) is 0 Å².